The standard InChI is InChI=1S/C20H12BrCl2N3O2S2/c21-12-3-5-16-18(8-12)30-20(25-16)26(24-10-14-2-1-7-29-14)19(27)11-28-17-6-4-13(22)9-15(17)23/h1-10H,11H2/b24-10+. The van der Waals surface area contributed by atoms with Crippen molar-refractivity contribution in [3.8, 4) is 5.75 Å². The second-order valence-electron chi connectivity index (χ2n) is 5.94. The lowest BCUT2D eigenvalue weighted by Crippen LogP contribution is -2.30. The van der Waals surface area contributed by atoms with Crippen molar-refractivity contribution in [1.29, 1.82) is 0 Å². The molecule has 4 rings (SSSR count). The van der Waals surface area contributed by atoms with Gasteiger partial charge in [0, 0.05) is 14.4 Å². The van der Waals surface area contributed by atoms with E-state index < -0.39 is 0 Å². The first-order valence-electron chi connectivity index (χ1n) is 8.54. The molecular formula is C20H12BrCl2N3O2S2. The summed E-state index contributed by atoms with van der Waals surface area (Å²) in [5.41, 5.74) is 0.781. The number of nitrogens with zero attached hydrogens (tertiary/aromatic N) is 3. The predicted octanol–water partition coefficient (Wildman–Crippen LogP) is 6.87. The lowest BCUT2D eigenvalue weighted by atomic mass is 10.3. The third kappa shape index (κ3) is 5.01. The number of benzene rings is 2. The maximum atomic E-state index is 13.0. The van der Waals surface area contributed by atoms with Crippen LogP contribution >= 0.6 is 61.8 Å². The van der Waals surface area contributed by atoms with Gasteiger partial charge in [-0.15, -0.1) is 11.3 Å². The molecule has 0 aliphatic carbocycles. The number of ether oxygens (including phenoxy) is 1. The number of carbonyl (C=O) groups excluding carboxylic acids is 1. The Kier molecular flexibility index (Phi) is 6.70. The largest absolute Gasteiger partial charge is 0.482 e. The van der Waals surface area contributed by atoms with E-state index in [-0.39, 0.29) is 12.5 Å². The van der Waals surface area contributed by atoms with Gasteiger partial charge in [0.25, 0.3) is 5.91 Å². The fourth-order valence-corrected chi connectivity index (χ4v) is 5.00. The molecule has 2 heterocycles. The maximum absolute atomic E-state index is 13.0. The Morgan fingerprint density at radius 1 is 1.23 bits per heavy atom. The van der Waals surface area contributed by atoms with Crippen molar-refractivity contribution in [1.82, 2.24) is 4.98 Å². The summed E-state index contributed by atoms with van der Waals surface area (Å²) in [7, 11) is 0. The number of halogens is 3. The summed E-state index contributed by atoms with van der Waals surface area (Å²) in [5.74, 6) is -0.0169. The zero-order valence-electron chi connectivity index (χ0n) is 15.1. The van der Waals surface area contributed by atoms with Crippen molar-refractivity contribution >= 4 is 89.3 Å². The van der Waals surface area contributed by atoms with E-state index in [0.717, 1.165) is 19.6 Å². The number of thiophene rings is 1. The first kappa shape index (κ1) is 21.3. The summed E-state index contributed by atoms with van der Waals surface area (Å²) < 4.78 is 7.47. The summed E-state index contributed by atoms with van der Waals surface area (Å²) >= 11 is 18.4. The Morgan fingerprint density at radius 2 is 2.10 bits per heavy atom. The Morgan fingerprint density at radius 3 is 2.87 bits per heavy atom. The highest BCUT2D eigenvalue weighted by atomic mass is 79.9. The second-order valence-corrected chi connectivity index (χ2v) is 9.69. The number of carbonyl (C=O) groups is 1. The Hall–Kier alpha value is -1.97. The van der Waals surface area contributed by atoms with Crippen LogP contribution in [0.4, 0.5) is 5.13 Å². The third-order valence-electron chi connectivity index (χ3n) is 3.85. The smallest absolute Gasteiger partial charge is 0.287 e. The van der Waals surface area contributed by atoms with Gasteiger partial charge in [0.15, 0.2) is 6.61 Å². The molecular weight excluding hydrogens is 529 g/mol. The molecule has 2 aromatic heterocycles. The van der Waals surface area contributed by atoms with Crippen molar-refractivity contribution in [3.63, 3.8) is 0 Å². The average molecular weight is 541 g/mol. The van der Waals surface area contributed by atoms with Gasteiger partial charge >= 0.3 is 0 Å². The number of fused-ring (bicyclic) bond motifs is 1. The summed E-state index contributed by atoms with van der Waals surface area (Å²) in [4.78, 5) is 18.4. The number of thiazole rings is 1. The molecule has 10 heteroatoms. The van der Waals surface area contributed by atoms with E-state index in [0.29, 0.717) is 20.9 Å². The first-order chi connectivity index (χ1) is 14.5. The van der Waals surface area contributed by atoms with Gasteiger partial charge in [0.05, 0.1) is 21.5 Å². The zero-order valence-corrected chi connectivity index (χ0v) is 19.8. The van der Waals surface area contributed by atoms with E-state index in [1.54, 1.807) is 24.4 Å². The van der Waals surface area contributed by atoms with Crippen LogP contribution in [0.5, 0.6) is 5.75 Å². The average Bonchev–Trinajstić information content (AvgIpc) is 3.37. The zero-order chi connectivity index (χ0) is 21.1. The minimum atomic E-state index is -0.382. The topological polar surface area (TPSA) is 54.8 Å². The van der Waals surface area contributed by atoms with Crippen LogP contribution in [-0.2, 0) is 4.79 Å². The fraction of sp³-hybridized carbons (Fsp3) is 0.0500. The van der Waals surface area contributed by atoms with Gasteiger partial charge in [-0.3, -0.25) is 4.79 Å². The molecule has 1 amide bonds. The molecule has 0 aliphatic heterocycles. The van der Waals surface area contributed by atoms with Gasteiger partial charge in [-0.2, -0.15) is 10.1 Å². The van der Waals surface area contributed by atoms with Crippen LogP contribution in [-0.4, -0.2) is 23.7 Å². The Bertz CT molecular complexity index is 1230. The van der Waals surface area contributed by atoms with E-state index in [1.165, 1.54) is 27.7 Å². The molecule has 0 N–H and O–H groups in total. The van der Waals surface area contributed by atoms with E-state index in [2.05, 4.69) is 26.0 Å². The SMILES string of the molecule is O=C(COc1ccc(Cl)cc1Cl)N(/N=C/c1cccs1)c1nc2ccc(Br)cc2s1. The van der Waals surface area contributed by atoms with Gasteiger partial charge in [-0.25, -0.2) is 4.98 Å². The van der Waals surface area contributed by atoms with Crippen LogP contribution in [0.2, 0.25) is 10.0 Å². The number of rotatable bonds is 6. The van der Waals surface area contributed by atoms with Crippen molar-refractivity contribution < 1.29 is 9.53 Å². The normalized spacial score (nSPS) is 11.3. The van der Waals surface area contributed by atoms with E-state index >= 15 is 0 Å². The van der Waals surface area contributed by atoms with Crippen LogP contribution in [0.15, 0.2) is 63.5 Å². The molecule has 2 aromatic carbocycles. The molecule has 0 spiro atoms. The van der Waals surface area contributed by atoms with Crippen molar-refractivity contribution in [2.45, 2.75) is 0 Å². The number of amides is 1. The summed E-state index contributed by atoms with van der Waals surface area (Å²) in [6, 6.07) is 14.4. The molecule has 4 aromatic rings. The number of hydrazone groups is 1. The summed E-state index contributed by atoms with van der Waals surface area (Å²) in [6.07, 6.45) is 1.62. The highest BCUT2D eigenvalue weighted by Gasteiger charge is 2.20. The number of hydrogen-bond acceptors (Lipinski definition) is 6. The van der Waals surface area contributed by atoms with Gasteiger partial charge in [-0.1, -0.05) is 56.5 Å². The lowest BCUT2D eigenvalue weighted by Gasteiger charge is -2.14. The van der Waals surface area contributed by atoms with Crippen molar-refractivity contribution in [2.75, 3.05) is 11.6 Å². The molecule has 0 radical (unpaired) electrons. The van der Waals surface area contributed by atoms with Gasteiger partial charge < -0.3 is 4.74 Å². The van der Waals surface area contributed by atoms with Gasteiger partial charge in [0.2, 0.25) is 5.13 Å². The quantitative estimate of drug-likeness (QED) is 0.198. The van der Waals surface area contributed by atoms with E-state index in [9.17, 15) is 4.79 Å². The second kappa shape index (κ2) is 9.45. The minimum Gasteiger partial charge on any atom is -0.482 e. The maximum Gasteiger partial charge on any atom is 0.287 e. The van der Waals surface area contributed by atoms with Gasteiger partial charge in [-0.05, 0) is 47.8 Å². The molecule has 0 fully saturated rings. The molecule has 152 valence electrons. The first-order valence-corrected chi connectivity index (χ1v) is 11.8. The lowest BCUT2D eigenvalue weighted by molar-refractivity contribution is -0.120. The number of aromatic nitrogens is 1. The molecule has 0 atom stereocenters. The molecule has 0 bridgehead atoms. The number of hydrogen-bond donors (Lipinski definition) is 0. The highest BCUT2D eigenvalue weighted by molar-refractivity contribution is 9.10. The summed E-state index contributed by atoms with van der Waals surface area (Å²) in [5, 5.41) is 8.83. The van der Waals surface area contributed by atoms with Crippen molar-refractivity contribution in [2.24, 2.45) is 5.10 Å². The molecule has 30 heavy (non-hydrogen) atoms. The third-order valence-corrected chi connectivity index (χ3v) is 6.67. The van der Waals surface area contributed by atoms with E-state index in [1.807, 2.05) is 35.7 Å². The predicted molar refractivity (Wildman–Crippen MR) is 129 cm³/mol. The van der Waals surface area contributed by atoms with Gasteiger partial charge in [0.1, 0.15) is 5.75 Å². The number of anilines is 1. The molecule has 0 saturated heterocycles. The van der Waals surface area contributed by atoms with E-state index in [4.69, 9.17) is 27.9 Å². The van der Waals surface area contributed by atoms with Crippen molar-refractivity contribution in [3.05, 3.63) is 73.3 Å². The monoisotopic (exact) mass is 539 g/mol. The molecule has 5 nitrogen and oxygen atoms in total. The highest BCUT2D eigenvalue weighted by Crippen LogP contribution is 2.32. The van der Waals surface area contributed by atoms with Crippen LogP contribution in [0.25, 0.3) is 10.2 Å². The van der Waals surface area contributed by atoms with Crippen LogP contribution in [0.1, 0.15) is 4.88 Å². The van der Waals surface area contributed by atoms with Crippen LogP contribution in [0, 0.1) is 0 Å². The Labute approximate surface area is 198 Å². The van der Waals surface area contributed by atoms with Crippen LogP contribution < -0.4 is 9.75 Å². The molecule has 0 aliphatic rings. The fourth-order valence-electron chi connectivity index (χ4n) is 2.47. The molecule has 0 saturated carbocycles. The van der Waals surface area contributed by atoms with Crippen LogP contribution in [0.3, 0.4) is 0 Å². The minimum absolute atomic E-state index is 0.261. The Balaban J connectivity index is 1.60. The molecule has 0 unspecified atom stereocenters. The summed E-state index contributed by atoms with van der Waals surface area (Å²) in [6.45, 7) is -0.261.